The zero-order chi connectivity index (χ0) is 11.3. The normalized spacial score (nSPS) is 13.4. The molecular weight excluding hydrogens is 186 g/mol. The molecule has 0 amide bonds. The standard InChI is InChI=1S/C13H23NO/c1-5-9-14-13(10(3)4)12-8-7-11(6-2)15-12/h7-8,10,13-14H,5-6,9H2,1-4H3. The van der Waals surface area contributed by atoms with Crippen LogP contribution in [0.5, 0.6) is 0 Å². The van der Waals surface area contributed by atoms with Gasteiger partial charge in [-0.2, -0.15) is 0 Å². The molecule has 1 heterocycles. The summed E-state index contributed by atoms with van der Waals surface area (Å²) >= 11 is 0. The molecule has 0 spiro atoms. The van der Waals surface area contributed by atoms with E-state index in [2.05, 4.69) is 45.1 Å². The molecule has 1 N–H and O–H groups in total. The molecule has 86 valence electrons. The predicted molar refractivity (Wildman–Crippen MR) is 64.0 cm³/mol. The topological polar surface area (TPSA) is 25.2 Å². The predicted octanol–water partition coefficient (Wildman–Crippen LogP) is 3.54. The second kappa shape index (κ2) is 5.96. The molecule has 0 saturated carbocycles. The van der Waals surface area contributed by atoms with Crippen LogP contribution in [0.3, 0.4) is 0 Å². The summed E-state index contributed by atoms with van der Waals surface area (Å²) in [5, 5.41) is 3.53. The SMILES string of the molecule is CCCNC(c1ccc(CC)o1)C(C)C. The van der Waals surface area contributed by atoms with E-state index in [0.29, 0.717) is 12.0 Å². The summed E-state index contributed by atoms with van der Waals surface area (Å²) in [6.45, 7) is 9.80. The van der Waals surface area contributed by atoms with Crippen molar-refractivity contribution in [3.63, 3.8) is 0 Å². The third kappa shape index (κ3) is 3.38. The van der Waals surface area contributed by atoms with Crippen LogP contribution >= 0.6 is 0 Å². The minimum atomic E-state index is 0.352. The second-order valence-electron chi connectivity index (χ2n) is 4.33. The van der Waals surface area contributed by atoms with Crippen molar-refractivity contribution in [3.05, 3.63) is 23.7 Å². The number of hydrogen-bond donors (Lipinski definition) is 1. The zero-order valence-electron chi connectivity index (χ0n) is 10.3. The molecule has 0 bridgehead atoms. The average molecular weight is 209 g/mol. The average Bonchev–Trinajstić information content (AvgIpc) is 2.66. The first-order valence-corrected chi connectivity index (χ1v) is 6.01. The Morgan fingerprint density at radius 3 is 2.47 bits per heavy atom. The largest absolute Gasteiger partial charge is 0.464 e. The monoisotopic (exact) mass is 209 g/mol. The van der Waals surface area contributed by atoms with E-state index in [0.717, 1.165) is 30.9 Å². The van der Waals surface area contributed by atoms with Crippen molar-refractivity contribution in [3.8, 4) is 0 Å². The Morgan fingerprint density at radius 2 is 2.00 bits per heavy atom. The smallest absolute Gasteiger partial charge is 0.121 e. The van der Waals surface area contributed by atoms with Crippen LogP contribution in [-0.4, -0.2) is 6.54 Å². The van der Waals surface area contributed by atoms with Gasteiger partial charge in [-0.15, -0.1) is 0 Å². The van der Waals surface area contributed by atoms with Crippen LogP contribution in [0, 0.1) is 5.92 Å². The lowest BCUT2D eigenvalue weighted by Gasteiger charge is -2.19. The molecule has 1 aromatic heterocycles. The summed E-state index contributed by atoms with van der Waals surface area (Å²) in [4.78, 5) is 0. The highest BCUT2D eigenvalue weighted by atomic mass is 16.3. The Kier molecular flexibility index (Phi) is 4.89. The number of aryl methyl sites for hydroxylation is 1. The molecule has 0 aliphatic heterocycles. The van der Waals surface area contributed by atoms with E-state index in [1.54, 1.807) is 0 Å². The molecule has 1 aromatic rings. The van der Waals surface area contributed by atoms with Crippen molar-refractivity contribution in [1.29, 1.82) is 0 Å². The van der Waals surface area contributed by atoms with Gasteiger partial charge in [0.05, 0.1) is 6.04 Å². The van der Waals surface area contributed by atoms with Crippen LogP contribution in [0.2, 0.25) is 0 Å². The lowest BCUT2D eigenvalue weighted by atomic mass is 10.0. The van der Waals surface area contributed by atoms with E-state index in [9.17, 15) is 0 Å². The van der Waals surface area contributed by atoms with Crippen LogP contribution in [-0.2, 0) is 6.42 Å². The van der Waals surface area contributed by atoms with Gasteiger partial charge in [-0.05, 0) is 31.0 Å². The minimum absolute atomic E-state index is 0.352. The van der Waals surface area contributed by atoms with Crippen molar-refractivity contribution < 1.29 is 4.42 Å². The Bertz CT molecular complexity index is 278. The number of nitrogens with one attached hydrogen (secondary N) is 1. The first-order valence-electron chi connectivity index (χ1n) is 6.01. The summed E-state index contributed by atoms with van der Waals surface area (Å²) in [7, 11) is 0. The van der Waals surface area contributed by atoms with Gasteiger partial charge in [-0.25, -0.2) is 0 Å². The van der Waals surface area contributed by atoms with Crippen LogP contribution < -0.4 is 5.32 Å². The third-order valence-corrected chi connectivity index (χ3v) is 2.62. The van der Waals surface area contributed by atoms with Crippen molar-refractivity contribution in [1.82, 2.24) is 5.32 Å². The molecule has 0 aliphatic rings. The fourth-order valence-electron chi connectivity index (χ4n) is 1.72. The second-order valence-corrected chi connectivity index (χ2v) is 4.33. The maximum atomic E-state index is 5.79. The van der Waals surface area contributed by atoms with Gasteiger partial charge < -0.3 is 9.73 Å². The van der Waals surface area contributed by atoms with Crippen LogP contribution in [0.15, 0.2) is 16.5 Å². The molecule has 0 saturated heterocycles. The first-order chi connectivity index (χ1) is 7.19. The summed E-state index contributed by atoms with van der Waals surface area (Å²) in [5.74, 6) is 2.72. The number of rotatable bonds is 6. The molecule has 0 fully saturated rings. The van der Waals surface area contributed by atoms with Crippen molar-refractivity contribution in [2.24, 2.45) is 5.92 Å². The summed E-state index contributed by atoms with van der Waals surface area (Å²) in [6, 6.07) is 4.54. The van der Waals surface area contributed by atoms with Crippen molar-refractivity contribution >= 4 is 0 Å². The number of furan rings is 1. The van der Waals surface area contributed by atoms with Gasteiger partial charge in [0, 0.05) is 6.42 Å². The highest BCUT2D eigenvalue weighted by Crippen LogP contribution is 2.23. The van der Waals surface area contributed by atoms with Gasteiger partial charge in [-0.3, -0.25) is 0 Å². The Morgan fingerprint density at radius 1 is 1.27 bits per heavy atom. The van der Waals surface area contributed by atoms with Gasteiger partial charge in [0.2, 0.25) is 0 Å². The molecule has 0 aromatic carbocycles. The van der Waals surface area contributed by atoms with E-state index < -0.39 is 0 Å². The number of hydrogen-bond acceptors (Lipinski definition) is 2. The van der Waals surface area contributed by atoms with E-state index >= 15 is 0 Å². The maximum absolute atomic E-state index is 5.79. The third-order valence-electron chi connectivity index (χ3n) is 2.62. The zero-order valence-corrected chi connectivity index (χ0v) is 10.3. The highest BCUT2D eigenvalue weighted by Gasteiger charge is 2.18. The van der Waals surface area contributed by atoms with Gasteiger partial charge in [0.1, 0.15) is 11.5 Å². The minimum Gasteiger partial charge on any atom is -0.464 e. The van der Waals surface area contributed by atoms with Crippen LogP contribution in [0.4, 0.5) is 0 Å². The molecule has 0 radical (unpaired) electrons. The van der Waals surface area contributed by atoms with Crippen molar-refractivity contribution in [2.45, 2.75) is 46.6 Å². The fraction of sp³-hybridized carbons (Fsp3) is 0.692. The first kappa shape index (κ1) is 12.3. The van der Waals surface area contributed by atoms with E-state index in [4.69, 9.17) is 4.42 Å². The lowest BCUT2D eigenvalue weighted by molar-refractivity contribution is 0.333. The van der Waals surface area contributed by atoms with Crippen molar-refractivity contribution in [2.75, 3.05) is 6.54 Å². The molecule has 1 rings (SSSR count). The molecule has 1 unspecified atom stereocenters. The van der Waals surface area contributed by atoms with Crippen LogP contribution in [0.25, 0.3) is 0 Å². The van der Waals surface area contributed by atoms with Gasteiger partial charge >= 0.3 is 0 Å². The molecule has 2 nitrogen and oxygen atoms in total. The quantitative estimate of drug-likeness (QED) is 0.775. The van der Waals surface area contributed by atoms with E-state index in [1.807, 2.05) is 0 Å². The van der Waals surface area contributed by atoms with Gasteiger partial charge in [-0.1, -0.05) is 27.7 Å². The molecule has 0 aliphatic carbocycles. The fourth-order valence-corrected chi connectivity index (χ4v) is 1.72. The Balaban J connectivity index is 2.70. The lowest BCUT2D eigenvalue weighted by Crippen LogP contribution is -2.25. The van der Waals surface area contributed by atoms with Gasteiger partial charge in [0.15, 0.2) is 0 Å². The molecule has 1 atom stereocenters. The summed E-state index contributed by atoms with van der Waals surface area (Å²) < 4.78 is 5.79. The highest BCUT2D eigenvalue weighted by molar-refractivity contribution is 5.11. The maximum Gasteiger partial charge on any atom is 0.121 e. The Hall–Kier alpha value is -0.760. The van der Waals surface area contributed by atoms with Gasteiger partial charge in [0.25, 0.3) is 0 Å². The molecule has 2 heteroatoms. The van der Waals surface area contributed by atoms with E-state index in [-0.39, 0.29) is 0 Å². The van der Waals surface area contributed by atoms with Crippen LogP contribution in [0.1, 0.15) is 51.7 Å². The van der Waals surface area contributed by atoms with E-state index in [1.165, 1.54) is 0 Å². The summed E-state index contributed by atoms with van der Waals surface area (Å²) in [6.07, 6.45) is 2.13. The summed E-state index contributed by atoms with van der Waals surface area (Å²) in [5.41, 5.74) is 0. The molecule has 15 heavy (non-hydrogen) atoms. The molecular formula is C13H23NO. The Labute approximate surface area is 93.1 Å².